The van der Waals surface area contributed by atoms with Gasteiger partial charge in [0.25, 0.3) is 0 Å². The van der Waals surface area contributed by atoms with Gasteiger partial charge in [-0.15, -0.1) is 0 Å². The van der Waals surface area contributed by atoms with Crippen LogP contribution in [0.5, 0.6) is 0 Å². The second-order valence-electron chi connectivity index (χ2n) is 4.71. The number of carbonyl (C=O) groups is 3. The standard InChI is InChI=1S/C12H21N3O4S/c1-4-14(7-10(16)13(2)3)12(19)15-5-6-20-8-9(15)11(17)18/h9H,4-8H2,1-3H3,(H,17,18). The summed E-state index contributed by atoms with van der Waals surface area (Å²) in [6.45, 7) is 2.51. The minimum atomic E-state index is -1.000. The zero-order valence-corrected chi connectivity index (χ0v) is 12.9. The maximum atomic E-state index is 12.4. The quantitative estimate of drug-likeness (QED) is 0.792. The van der Waals surface area contributed by atoms with E-state index in [4.69, 9.17) is 0 Å². The summed E-state index contributed by atoms with van der Waals surface area (Å²) in [4.78, 5) is 39.5. The van der Waals surface area contributed by atoms with Crippen LogP contribution in [0, 0.1) is 0 Å². The Morgan fingerprint density at radius 1 is 1.35 bits per heavy atom. The summed E-state index contributed by atoms with van der Waals surface area (Å²) in [5, 5.41) is 9.18. The summed E-state index contributed by atoms with van der Waals surface area (Å²) in [6.07, 6.45) is 0. The molecule has 3 amide bonds. The van der Waals surface area contributed by atoms with Crippen LogP contribution in [0.3, 0.4) is 0 Å². The van der Waals surface area contributed by atoms with E-state index in [1.54, 1.807) is 21.0 Å². The van der Waals surface area contributed by atoms with Gasteiger partial charge in [0.05, 0.1) is 0 Å². The first-order chi connectivity index (χ1) is 9.38. The monoisotopic (exact) mass is 303 g/mol. The Kier molecular flexibility index (Phi) is 6.12. The molecule has 0 aromatic heterocycles. The van der Waals surface area contributed by atoms with Crippen molar-refractivity contribution in [1.29, 1.82) is 0 Å². The maximum absolute atomic E-state index is 12.4. The van der Waals surface area contributed by atoms with Gasteiger partial charge in [0.2, 0.25) is 5.91 Å². The predicted octanol–water partition coefficient (Wildman–Crippen LogP) is 0.0185. The minimum Gasteiger partial charge on any atom is -0.480 e. The molecule has 0 bridgehead atoms. The van der Waals surface area contributed by atoms with Crippen molar-refractivity contribution in [3.8, 4) is 0 Å². The molecule has 1 unspecified atom stereocenters. The fraction of sp³-hybridized carbons (Fsp3) is 0.750. The van der Waals surface area contributed by atoms with E-state index < -0.39 is 12.0 Å². The minimum absolute atomic E-state index is 0.0294. The van der Waals surface area contributed by atoms with E-state index in [0.717, 1.165) is 0 Å². The molecule has 1 aliphatic rings. The number of thioether (sulfide) groups is 1. The summed E-state index contributed by atoms with van der Waals surface area (Å²) in [7, 11) is 3.25. The summed E-state index contributed by atoms with van der Waals surface area (Å²) in [5.41, 5.74) is 0. The predicted molar refractivity (Wildman–Crippen MR) is 76.8 cm³/mol. The molecule has 1 fully saturated rings. The Morgan fingerprint density at radius 2 is 2.00 bits per heavy atom. The van der Waals surface area contributed by atoms with Crippen LogP contribution in [0.15, 0.2) is 0 Å². The molecular weight excluding hydrogens is 282 g/mol. The van der Waals surface area contributed by atoms with Crippen molar-refractivity contribution in [2.24, 2.45) is 0 Å². The Balaban J connectivity index is 2.78. The van der Waals surface area contributed by atoms with Crippen LogP contribution in [-0.2, 0) is 9.59 Å². The van der Waals surface area contributed by atoms with Gasteiger partial charge in [-0.05, 0) is 6.92 Å². The summed E-state index contributed by atoms with van der Waals surface area (Å²) < 4.78 is 0. The van der Waals surface area contributed by atoms with Crippen molar-refractivity contribution in [3.05, 3.63) is 0 Å². The second-order valence-corrected chi connectivity index (χ2v) is 5.86. The number of urea groups is 1. The molecule has 0 radical (unpaired) electrons. The van der Waals surface area contributed by atoms with Gasteiger partial charge in [-0.2, -0.15) is 11.8 Å². The molecule has 0 saturated carbocycles. The first-order valence-electron chi connectivity index (χ1n) is 6.44. The van der Waals surface area contributed by atoms with E-state index in [-0.39, 0.29) is 18.5 Å². The van der Waals surface area contributed by atoms with E-state index in [0.29, 0.717) is 24.6 Å². The van der Waals surface area contributed by atoms with Gasteiger partial charge >= 0.3 is 12.0 Å². The SMILES string of the molecule is CCN(CC(=O)N(C)C)C(=O)N1CCSCC1C(=O)O. The molecule has 1 aliphatic heterocycles. The van der Waals surface area contributed by atoms with Crippen molar-refractivity contribution < 1.29 is 19.5 Å². The molecule has 1 saturated heterocycles. The van der Waals surface area contributed by atoms with Crippen LogP contribution >= 0.6 is 11.8 Å². The number of nitrogens with zero attached hydrogens (tertiary/aromatic N) is 3. The highest BCUT2D eigenvalue weighted by atomic mass is 32.2. The van der Waals surface area contributed by atoms with E-state index in [9.17, 15) is 19.5 Å². The van der Waals surface area contributed by atoms with Crippen molar-refractivity contribution in [1.82, 2.24) is 14.7 Å². The number of likely N-dealkylation sites (N-methyl/N-ethyl adjacent to an activating group) is 2. The van der Waals surface area contributed by atoms with Gasteiger partial charge in [0.15, 0.2) is 0 Å². The number of carbonyl (C=O) groups excluding carboxylic acids is 2. The normalized spacial score (nSPS) is 18.6. The van der Waals surface area contributed by atoms with Crippen LogP contribution in [0.25, 0.3) is 0 Å². The molecule has 7 nitrogen and oxygen atoms in total. The van der Waals surface area contributed by atoms with E-state index >= 15 is 0 Å². The zero-order valence-electron chi connectivity index (χ0n) is 12.0. The Hall–Kier alpha value is -1.44. The molecule has 1 atom stereocenters. The number of hydrogen-bond acceptors (Lipinski definition) is 4. The second kappa shape index (κ2) is 7.37. The topological polar surface area (TPSA) is 81.2 Å². The molecule has 1 heterocycles. The van der Waals surface area contributed by atoms with Crippen molar-refractivity contribution in [2.45, 2.75) is 13.0 Å². The Morgan fingerprint density at radius 3 is 2.50 bits per heavy atom. The van der Waals surface area contributed by atoms with Gasteiger partial charge in [-0.3, -0.25) is 4.79 Å². The molecule has 0 aliphatic carbocycles. The highest BCUT2D eigenvalue weighted by molar-refractivity contribution is 7.99. The lowest BCUT2D eigenvalue weighted by atomic mass is 10.3. The van der Waals surface area contributed by atoms with Crippen molar-refractivity contribution >= 4 is 29.7 Å². The fourth-order valence-electron chi connectivity index (χ4n) is 1.84. The van der Waals surface area contributed by atoms with Crippen LogP contribution in [0.2, 0.25) is 0 Å². The molecule has 1 N–H and O–H groups in total. The zero-order chi connectivity index (χ0) is 15.3. The molecule has 0 spiro atoms. The van der Waals surface area contributed by atoms with Gasteiger partial charge in [0.1, 0.15) is 12.6 Å². The van der Waals surface area contributed by atoms with Crippen LogP contribution in [0.4, 0.5) is 4.79 Å². The van der Waals surface area contributed by atoms with E-state index in [1.165, 1.54) is 26.5 Å². The molecule has 1 rings (SSSR count). The number of amides is 3. The molecule has 0 aromatic rings. The summed E-state index contributed by atoms with van der Waals surface area (Å²) in [5.74, 6) is -0.0754. The first-order valence-corrected chi connectivity index (χ1v) is 7.60. The van der Waals surface area contributed by atoms with E-state index in [1.807, 2.05) is 0 Å². The van der Waals surface area contributed by atoms with Gasteiger partial charge in [-0.1, -0.05) is 0 Å². The fourth-order valence-corrected chi connectivity index (χ4v) is 2.88. The molecule has 20 heavy (non-hydrogen) atoms. The van der Waals surface area contributed by atoms with E-state index in [2.05, 4.69) is 0 Å². The summed E-state index contributed by atoms with van der Waals surface area (Å²) in [6, 6.07) is -1.19. The van der Waals surface area contributed by atoms with Crippen molar-refractivity contribution in [2.75, 3.05) is 45.2 Å². The average molecular weight is 303 g/mol. The number of aliphatic carboxylic acids is 1. The smallest absolute Gasteiger partial charge is 0.327 e. The summed E-state index contributed by atoms with van der Waals surface area (Å²) >= 11 is 1.52. The van der Waals surface area contributed by atoms with Crippen LogP contribution in [-0.4, -0.2) is 89.0 Å². The third-order valence-electron chi connectivity index (χ3n) is 3.14. The Labute approximate surface area is 122 Å². The Bertz CT molecular complexity index is 389. The number of carboxylic acid groups (broad SMARTS) is 1. The molecular formula is C12H21N3O4S. The number of hydrogen-bond donors (Lipinski definition) is 1. The number of rotatable bonds is 4. The highest BCUT2D eigenvalue weighted by Gasteiger charge is 2.34. The molecule has 114 valence electrons. The van der Waals surface area contributed by atoms with Gasteiger partial charge in [-0.25, -0.2) is 9.59 Å². The molecule has 0 aromatic carbocycles. The van der Waals surface area contributed by atoms with Gasteiger partial charge < -0.3 is 19.8 Å². The third-order valence-corrected chi connectivity index (χ3v) is 4.16. The number of carboxylic acids is 1. The van der Waals surface area contributed by atoms with Gasteiger partial charge in [0, 0.05) is 38.7 Å². The lowest BCUT2D eigenvalue weighted by Crippen LogP contribution is -2.56. The van der Waals surface area contributed by atoms with Crippen LogP contribution < -0.4 is 0 Å². The average Bonchev–Trinajstić information content (AvgIpc) is 2.43. The molecule has 8 heteroatoms. The largest absolute Gasteiger partial charge is 0.480 e. The van der Waals surface area contributed by atoms with Crippen LogP contribution in [0.1, 0.15) is 6.92 Å². The highest BCUT2D eigenvalue weighted by Crippen LogP contribution is 2.18. The van der Waals surface area contributed by atoms with Crippen molar-refractivity contribution in [3.63, 3.8) is 0 Å². The maximum Gasteiger partial charge on any atom is 0.327 e. The lowest BCUT2D eigenvalue weighted by Gasteiger charge is -2.36. The third kappa shape index (κ3) is 4.03. The lowest BCUT2D eigenvalue weighted by molar-refractivity contribution is -0.141. The first kappa shape index (κ1) is 16.6.